The van der Waals surface area contributed by atoms with E-state index < -0.39 is 0 Å². The Morgan fingerprint density at radius 2 is 0.661 bits per heavy atom. The molecule has 10 nitrogen and oxygen atoms in total. The van der Waals surface area contributed by atoms with E-state index in [0.717, 1.165) is 140 Å². The minimum Gasteiger partial charge on any atom is -0.497 e. The Morgan fingerprint density at radius 3 is 1.18 bits per heavy atom. The molecule has 0 unspecified atom stereocenters. The zero-order valence-corrected chi connectivity index (χ0v) is 71.7. The third-order valence-corrected chi connectivity index (χ3v) is 20.3. The van der Waals surface area contributed by atoms with Crippen molar-refractivity contribution in [1.82, 2.24) is 39.0 Å². The maximum Gasteiger partial charge on any atom is 0.144 e. The van der Waals surface area contributed by atoms with Crippen LogP contribution in [0.25, 0.3) is 156 Å². The van der Waals surface area contributed by atoms with Crippen molar-refractivity contribution in [3.8, 4) is 124 Å². The van der Waals surface area contributed by atoms with Crippen LogP contribution in [0.4, 0.5) is 17.2 Å². The minimum atomic E-state index is 0.728. The number of rotatable bonds is 12. The van der Waals surface area contributed by atoms with Gasteiger partial charge in [0.15, 0.2) is 0 Å². The second kappa shape index (κ2) is 38.2. The largest absolute Gasteiger partial charge is 0.497 e. The number of hydrogen-bond donors (Lipinski definition) is 0. The van der Waals surface area contributed by atoms with Crippen LogP contribution in [-0.2, 0) is 56.3 Å². The Hall–Kier alpha value is -12.3. The summed E-state index contributed by atoms with van der Waals surface area (Å²) < 4.78 is 10.6. The van der Waals surface area contributed by atoms with Gasteiger partial charge in [0.05, 0.1) is 17.0 Å². The van der Waals surface area contributed by atoms with Crippen molar-refractivity contribution in [3.05, 3.63) is 419 Å². The van der Waals surface area contributed by atoms with Crippen molar-refractivity contribution >= 4 is 89.2 Å². The number of halogens is 3. The van der Waals surface area contributed by atoms with Crippen LogP contribution >= 0.6 is 28.3 Å². The van der Waals surface area contributed by atoms with Gasteiger partial charge in [-0.25, -0.2) is 15.0 Å². The van der Waals surface area contributed by atoms with Gasteiger partial charge in [0, 0.05) is 59.2 Å². The molecule has 0 fully saturated rings. The van der Waals surface area contributed by atoms with Gasteiger partial charge in [-0.3, -0.25) is 0 Å². The first kappa shape index (κ1) is 79.5. The van der Waals surface area contributed by atoms with Gasteiger partial charge in [0.25, 0.3) is 0 Å². The molecule has 0 saturated heterocycles. The number of hydrogen-bond acceptors (Lipinski definition) is 8. The summed E-state index contributed by atoms with van der Waals surface area (Å²) in [6.07, 6.45) is 11.1. The van der Waals surface area contributed by atoms with Gasteiger partial charge in [-0.05, 0) is 179 Å². The summed E-state index contributed by atoms with van der Waals surface area (Å²) in [6, 6.07) is 136. The summed E-state index contributed by atoms with van der Waals surface area (Å²) in [6.45, 7) is 0. The molecule has 1 aliphatic heterocycles. The first-order valence-electron chi connectivity index (χ1n) is 37.5. The first-order chi connectivity index (χ1) is 58.5. The molecule has 12 aromatic carbocycles. The Bertz CT molecular complexity index is 6740. The standard InChI is InChI=1S/C34H22N3O.2C34H22N3.3ClH.3Pt/c1-2-8-24(9-3-1)25-13-15-26(16-14-25)27-19-21-35-29(22-27)28-17-18-33-31(23-28)37(34-12-6-7-20-36-34)30-10-4-5-11-32(30)38-33;1-2-8-24(9-3-1)25-15-17-26(18-16-25)27-19-21-35-32(23-27)28-10-6-11-29(22-28)37-33-14-5-4-12-30(33)31-13-7-20-36-34(31)37;1-2-8-24(9-3-1)25-13-15-26(16-14-25)27-19-21-35-31(22-27)28-17-18-30-29-10-4-5-11-32(29)37(33(30)23-28)34-12-6-7-20-36-34;;;;;;/h1-22H;1-21,23H;1-22H;3*1H;;;/q3*-1;;;;3*+2/p-3. The van der Waals surface area contributed by atoms with Crippen molar-refractivity contribution in [2.75, 3.05) is 4.90 Å². The number of fused-ring (bicyclic) bond motifs is 8. The van der Waals surface area contributed by atoms with Crippen LogP contribution in [0.1, 0.15) is 0 Å². The fraction of sp³-hybridized carbons (Fsp3) is 0. The van der Waals surface area contributed by atoms with Crippen molar-refractivity contribution in [3.63, 3.8) is 0 Å². The van der Waals surface area contributed by atoms with E-state index >= 15 is 0 Å². The van der Waals surface area contributed by atoms with E-state index in [9.17, 15) is 0 Å². The van der Waals surface area contributed by atoms with Crippen molar-refractivity contribution in [2.45, 2.75) is 0 Å². The van der Waals surface area contributed by atoms with Gasteiger partial charge in [-0.1, -0.05) is 248 Å². The predicted octanol–water partition coefficient (Wildman–Crippen LogP) is 27.7. The van der Waals surface area contributed by atoms with E-state index in [2.05, 4.69) is 336 Å². The second-order valence-corrected chi connectivity index (χ2v) is 27.1. The third-order valence-electron chi connectivity index (χ3n) is 20.3. The van der Waals surface area contributed by atoms with E-state index in [1.807, 2.05) is 134 Å². The number of aromatic nitrogens is 8. The average molecular weight is 2130 g/mol. The van der Waals surface area contributed by atoms with Crippen LogP contribution in [0.15, 0.2) is 401 Å². The molecule has 20 aromatic rings. The quantitative estimate of drug-likeness (QED) is 0.112. The number of pyridine rings is 6. The summed E-state index contributed by atoms with van der Waals surface area (Å²) in [4.78, 5) is 30.1. The SMILES string of the molecule is [Cl][Pt+].[Cl][Pt+].[Cl][Pt+].[c-]1c(-c2cc(-c3ccc(-c4ccccc4)cc3)ccn2)ccc2c1N(c1ccccn1)c1ccccc1O2.[c-]1c(-c2cc(-c3ccc(-c4ccccc4)cc3)ccn2)ccc2c3ccccc3n(-c3ccccn3)c12.[c-]1c(-c2cc(-c3ccc(-c4ccccc4)cc3)ccn2)cccc1-n1c2ccccc2c2cccnc21. The zero-order valence-electron chi connectivity index (χ0n) is 62.6. The van der Waals surface area contributed by atoms with Crippen molar-refractivity contribution in [1.29, 1.82) is 0 Å². The molecule has 0 N–H and O–H groups in total. The Labute approximate surface area is 730 Å². The summed E-state index contributed by atoms with van der Waals surface area (Å²) in [7, 11) is 13.8. The van der Waals surface area contributed by atoms with Crippen LogP contribution in [0.3, 0.4) is 0 Å². The van der Waals surface area contributed by atoms with E-state index in [1.165, 1.54) is 44.2 Å². The molecule has 0 atom stereocenters. The molecule has 0 spiro atoms. The molecule has 8 aromatic heterocycles. The van der Waals surface area contributed by atoms with Crippen molar-refractivity contribution in [2.24, 2.45) is 0 Å². The van der Waals surface area contributed by atoms with Gasteiger partial charge in [0.2, 0.25) is 0 Å². The van der Waals surface area contributed by atoms with E-state index in [1.54, 1.807) is 62.5 Å². The molecule has 0 bridgehead atoms. The average Bonchev–Trinajstić information content (AvgIpc) is 1.53. The molecular weight excluding hydrogens is 2060 g/mol. The monoisotopic (exact) mass is 2120 g/mol. The number of anilines is 3. The minimum absolute atomic E-state index is 0.728. The van der Waals surface area contributed by atoms with E-state index in [-0.39, 0.29) is 0 Å². The fourth-order valence-corrected chi connectivity index (χ4v) is 14.8. The van der Waals surface area contributed by atoms with Crippen LogP contribution in [-0.4, -0.2) is 39.0 Å². The molecule has 576 valence electrons. The second-order valence-electron chi connectivity index (χ2n) is 27.1. The van der Waals surface area contributed by atoms with Crippen LogP contribution in [0.2, 0.25) is 0 Å². The molecule has 9 heterocycles. The number of ether oxygens (including phenoxy) is 1. The Morgan fingerprint density at radius 1 is 0.254 bits per heavy atom. The Balaban J connectivity index is 0.000000128. The first-order valence-corrected chi connectivity index (χ1v) is 46.0. The number of para-hydroxylation sites is 4. The molecule has 0 aliphatic carbocycles. The summed E-state index contributed by atoms with van der Waals surface area (Å²) in [5, 5.41) is 4.66. The van der Waals surface area contributed by atoms with Crippen molar-refractivity contribution < 1.29 is 61.1 Å². The van der Waals surface area contributed by atoms with Gasteiger partial charge in [0.1, 0.15) is 23.0 Å². The molecule has 21 rings (SSSR count). The predicted molar refractivity (Wildman–Crippen MR) is 473 cm³/mol. The Kier molecular flexibility index (Phi) is 25.7. The summed E-state index contributed by atoms with van der Waals surface area (Å²) in [5.74, 6) is 3.19. The van der Waals surface area contributed by atoms with E-state index in [4.69, 9.17) is 19.7 Å². The maximum absolute atomic E-state index is 6.24. The van der Waals surface area contributed by atoms with Crippen LogP contribution < -0.4 is 9.64 Å². The smallest absolute Gasteiger partial charge is 0.144 e. The third kappa shape index (κ3) is 17.3. The fourth-order valence-electron chi connectivity index (χ4n) is 14.8. The molecule has 1 aliphatic rings. The van der Waals surface area contributed by atoms with Crippen LogP contribution in [0, 0.1) is 18.2 Å². The zero-order chi connectivity index (χ0) is 80.5. The molecule has 16 heteroatoms. The molecule has 0 radical (unpaired) electrons. The summed E-state index contributed by atoms with van der Waals surface area (Å²) in [5.41, 5.74) is 26.3. The van der Waals surface area contributed by atoms with Gasteiger partial charge in [-0.15, -0.1) is 77.4 Å². The topological polar surface area (TPSA) is 99.7 Å². The number of benzene rings is 12. The molecular formula is C102H66Cl3N9OPt3. The maximum atomic E-state index is 6.24. The normalized spacial score (nSPS) is 11.0. The van der Waals surface area contributed by atoms with Gasteiger partial charge < -0.3 is 33.7 Å². The molecule has 0 amide bonds. The molecule has 118 heavy (non-hydrogen) atoms. The molecule has 0 saturated carbocycles. The van der Waals surface area contributed by atoms with E-state index in [0.29, 0.717) is 0 Å². The van der Waals surface area contributed by atoms with Crippen LogP contribution in [0.5, 0.6) is 11.5 Å². The van der Waals surface area contributed by atoms with Gasteiger partial charge in [-0.2, -0.15) is 0 Å². The van der Waals surface area contributed by atoms with Gasteiger partial charge >= 0.3 is 84.6 Å². The number of nitrogens with zero attached hydrogens (tertiary/aromatic N) is 9. The summed E-state index contributed by atoms with van der Waals surface area (Å²) >= 11 is 4.83.